The van der Waals surface area contributed by atoms with Crippen LogP contribution in [0, 0.1) is 0 Å². The van der Waals surface area contributed by atoms with E-state index in [1.807, 2.05) is 30.3 Å². The molecular weight excluding hydrogens is 296 g/mol. The molecule has 1 rings (SSSR count). The van der Waals surface area contributed by atoms with Gasteiger partial charge >= 0.3 is 0 Å². The molecule has 1 aromatic carbocycles. The first-order valence-corrected chi connectivity index (χ1v) is 7.63. The number of benzene rings is 1. The van der Waals surface area contributed by atoms with E-state index in [-0.39, 0.29) is 18.8 Å². The predicted octanol–water partition coefficient (Wildman–Crippen LogP) is 0.948. The summed E-state index contributed by atoms with van der Waals surface area (Å²) >= 11 is 0. The van der Waals surface area contributed by atoms with Crippen LogP contribution >= 0.6 is 0 Å². The number of primary amides is 1. The standard InChI is InChI=1S/C17H26N2O4/c1-22-16(13-23-12-14-5-3-2-4-6-14)11-15(8-10-20)19-9-7-17(18)21/h2-7,9,15-16,19-20H,8,10-13H2,1H3,(H2,18,21)/b9-7-. The summed E-state index contributed by atoms with van der Waals surface area (Å²) in [7, 11) is 1.63. The maximum absolute atomic E-state index is 10.7. The summed E-state index contributed by atoms with van der Waals surface area (Å²) in [6, 6.07) is 9.89. The summed E-state index contributed by atoms with van der Waals surface area (Å²) in [5, 5.41) is 12.2. The summed E-state index contributed by atoms with van der Waals surface area (Å²) in [5.74, 6) is -0.519. The van der Waals surface area contributed by atoms with Gasteiger partial charge in [-0.25, -0.2) is 0 Å². The van der Waals surface area contributed by atoms with Crippen LogP contribution < -0.4 is 11.1 Å². The monoisotopic (exact) mass is 322 g/mol. The highest BCUT2D eigenvalue weighted by Crippen LogP contribution is 2.08. The van der Waals surface area contributed by atoms with Crippen LogP contribution in [0.2, 0.25) is 0 Å². The lowest BCUT2D eigenvalue weighted by molar-refractivity contribution is -0.113. The Kier molecular flexibility index (Phi) is 9.70. The molecule has 0 aliphatic heterocycles. The average molecular weight is 322 g/mol. The quantitative estimate of drug-likeness (QED) is 0.498. The maximum Gasteiger partial charge on any atom is 0.242 e. The van der Waals surface area contributed by atoms with Gasteiger partial charge in [0.15, 0.2) is 0 Å². The molecule has 6 nitrogen and oxygen atoms in total. The van der Waals surface area contributed by atoms with Gasteiger partial charge in [-0.1, -0.05) is 30.3 Å². The molecule has 0 saturated carbocycles. The molecule has 0 aromatic heterocycles. The van der Waals surface area contributed by atoms with Gasteiger partial charge in [-0.15, -0.1) is 0 Å². The van der Waals surface area contributed by atoms with E-state index < -0.39 is 5.91 Å². The van der Waals surface area contributed by atoms with E-state index in [1.54, 1.807) is 7.11 Å². The first-order chi connectivity index (χ1) is 11.2. The molecule has 0 saturated heterocycles. The van der Waals surface area contributed by atoms with Crippen LogP contribution in [0.1, 0.15) is 18.4 Å². The highest BCUT2D eigenvalue weighted by atomic mass is 16.5. The Hall–Kier alpha value is -1.89. The van der Waals surface area contributed by atoms with Crippen molar-refractivity contribution >= 4 is 5.91 Å². The normalized spacial score (nSPS) is 13.8. The number of ether oxygens (including phenoxy) is 2. The minimum Gasteiger partial charge on any atom is -0.396 e. The van der Waals surface area contributed by atoms with Gasteiger partial charge in [-0.2, -0.15) is 0 Å². The fourth-order valence-electron chi connectivity index (χ4n) is 2.12. The van der Waals surface area contributed by atoms with Crippen LogP contribution in [0.25, 0.3) is 0 Å². The second-order valence-corrected chi connectivity index (χ2v) is 5.21. The number of nitrogens with one attached hydrogen (secondary N) is 1. The molecule has 0 fully saturated rings. The second-order valence-electron chi connectivity index (χ2n) is 5.21. The first kappa shape index (κ1) is 19.2. The summed E-state index contributed by atoms with van der Waals surface area (Å²) < 4.78 is 11.1. The number of aliphatic hydroxyl groups excluding tert-OH is 1. The van der Waals surface area contributed by atoms with Gasteiger partial charge in [0, 0.05) is 32.0 Å². The number of methoxy groups -OCH3 is 1. The fourth-order valence-corrected chi connectivity index (χ4v) is 2.12. The zero-order chi connectivity index (χ0) is 16.9. The molecular formula is C17H26N2O4. The lowest BCUT2D eigenvalue weighted by atomic mass is 10.1. The van der Waals surface area contributed by atoms with Gasteiger partial charge in [-0.3, -0.25) is 4.79 Å². The Morgan fingerprint density at radius 2 is 2.13 bits per heavy atom. The van der Waals surface area contributed by atoms with E-state index in [1.165, 1.54) is 12.3 Å². The molecule has 23 heavy (non-hydrogen) atoms. The molecule has 0 heterocycles. The van der Waals surface area contributed by atoms with Gasteiger partial charge in [0.05, 0.1) is 19.3 Å². The largest absolute Gasteiger partial charge is 0.396 e. The van der Waals surface area contributed by atoms with Gasteiger partial charge in [0.1, 0.15) is 0 Å². The number of hydrogen-bond acceptors (Lipinski definition) is 5. The highest BCUT2D eigenvalue weighted by molar-refractivity contribution is 5.85. The zero-order valence-electron chi connectivity index (χ0n) is 13.5. The Balaban J connectivity index is 2.39. The van der Waals surface area contributed by atoms with Crippen molar-refractivity contribution in [1.82, 2.24) is 5.32 Å². The number of nitrogens with two attached hydrogens (primary N) is 1. The van der Waals surface area contributed by atoms with Crippen molar-refractivity contribution < 1.29 is 19.4 Å². The molecule has 1 amide bonds. The number of hydrogen-bond donors (Lipinski definition) is 3. The molecule has 0 bridgehead atoms. The SMILES string of the molecule is COC(COCc1ccccc1)CC(CCO)N/C=C\C(N)=O. The molecule has 0 aliphatic carbocycles. The highest BCUT2D eigenvalue weighted by Gasteiger charge is 2.15. The van der Waals surface area contributed by atoms with E-state index in [0.29, 0.717) is 26.1 Å². The van der Waals surface area contributed by atoms with Gasteiger partial charge in [-0.05, 0) is 18.4 Å². The van der Waals surface area contributed by atoms with Crippen molar-refractivity contribution in [3.8, 4) is 0 Å². The van der Waals surface area contributed by atoms with Crippen molar-refractivity contribution in [1.29, 1.82) is 0 Å². The van der Waals surface area contributed by atoms with E-state index in [4.69, 9.17) is 20.3 Å². The number of carbonyl (C=O) groups excluding carboxylic acids is 1. The van der Waals surface area contributed by atoms with Gasteiger partial charge in [0.2, 0.25) is 5.91 Å². The first-order valence-electron chi connectivity index (χ1n) is 7.63. The predicted molar refractivity (Wildman–Crippen MR) is 88.5 cm³/mol. The van der Waals surface area contributed by atoms with Crippen molar-refractivity contribution in [2.24, 2.45) is 5.73 Å². The third kappa shape index (κ3) is 8.97. The Morgan fingerprint density at radius 3 is 2.74 bits per heavy atom. The minimum absolute atomic E-state index is 0.0270. The topological polar surface area (TPSA) is 93.8 Å². The van der Waals surface area contributed by atoms with Crippen molar-refractivity contribution in [3.63, 3.8) is 0 Å². The molecule has 2 unspecified atom stereocenters. The molecule has 4 N–H and O–H groups in total. The Labute approximate surface area is 137 Å². The minimum atomic E-state index is -0.519. The average Bonchev–Trinajstić information content (AvgIpc) is 2.54. The van der Waals surface area contributed by atoms with Gasteiger partial charge in [0.25, 0.3) is 0 Å². The van der Waals surface area contributed by atoms with Crippen LogP contribution in [-0.2, 0) is 20.9 Å². The second kappa shape index (κ2) is 11.6. The molecule has 0 aliphatic rings. The third-order valence-electron chi connectivity index (χ3n) is 3.35. The molecule has 0 radical (unpaired) electrons. The Morgan fingerprint density at radius 1 is 1.39 bits per heavy atom. The summed E-state index contributed by atoms with van der Waals surface area (Å²) in [6.45, 7) is 1.03. The van der Waals surface area contributed by atoms with Crippen LogP contribution in [0.15, 0.2) is 42.6 Å². The van der Waals surface area contributed by atoms with Gasteiger partial charge < -0.3 is 25.6 Å². The zero-order valence-corrected chi connectivity index (χ0v) is 13.5. The van der Waals surface area contributed by atoms with E-state index >= 15 is 0 Å². The number of rotatable bonds is 12. The van der Waals surface area contributed by atoms with E-state index in [9.17, 15) is 4.79 Å². The Bertz CT molecular complexity index is 465. The van der Waals surface area contributed by atoms with Crippen LogP contribution in [0.3, 0.4) is 0 Å². The van der Waals surface area contributed by atoms with Crippen molar-refractivity contribution in [2.45, 2.75) is 31.6 Å². The number of aliphatic hydroxyl groups is 1. The van der Waals surface area contributed by atoms with Crippen LogP contribution in [-0.4, -0.2) is 43.5 Å². The van der Waals surface area contributed by atoms with E-state index in [0.717, 1.165) is 5.56 Å². The van der Waals surface area contributed by atoms with Crippen molar-refractivity contribution in [2.75, 3.05) is 20.3 Å². The molecule has 1 aromatic rings. The molecule has 0 spiro atoms. The van der Waals surface area contributed by atoms with Crippen molar-refractivity contribution in [3.05, 3.63) is 48.2 Å². The third-order valence-corrected chi connectivity index (χ3v) is 3.35. The smallest absolute Gasteiger partial charge is 0.242 e. The summed E-state index contributed by atoms with van der Waals surface area (Å²) in [5.41, 5.74) is 6.15. The summed E-state index contributed by atoms with van der Waals surface area (Å²) in [6.07, 6.45) is 3.83. The molecule has 128 valence electrons. The van der Waals surface area contributed by atoms with E-state index in [2.05, 4.69) is 5.32 Å². The molecule has 2 atom stereocenters. The number of amides is 1. The van der Waals surface area contributed by atoms with Crippen LogP contribution in [0.4, 0.5) is 0 Å². The fraction of sp³-hybridized carbons (Fsp3) is 0.471. The van der Waals surface area contributed by atoms with Crippen LogP contribution in [0.5, 0.6) is 0 Å². The lowest BCUT2D eigenvalue weighted by Crippen LogP contribution is -2.33. The lowest BCUT2D eigenvalue weighted by Gasteiger charge is -2.22. The summed E-state index contributed by atoms with van der Waals surface area (Å²) in [4.78, 5) is 10.7. The molecule has 6 heteroatoms. The number of carbonyl (C=O) groups is 1. The maximum atomic E-state index is 10.7.